The number of anilines is 1. The number of rotatable bonds is 4. The van der Waals surface area contributed by atoms with E-state index < -0.39 is 0 Å². The van der Waals surface area contributed by atoms with Gasteiger partial charge in [0.2, 0.25) is 0 Å². The van der Waals surface area contributed by atoms with Gasteiger partial charge in [0, 0.05) is 19.1 Å². The number of hydrogen-bond donors (Lipinski definition) is 1. The van der Waals surface area contributed by atoms with E-state index in [0.717, 1.165) is 52.8 Å². The summed E-state index contributed by atoms with van der Waals surface area (Å²) in [6.07, 6.45) is 1.70. The fourth-order valence-electron chi connectivity index (χ4n) is 3.73. The molecular weight excluding hydrogens is 457 g/mol. The van der Waals surface area contributed by atoms with Crippen LogP contribution >= 0.6 is 34.3 Å². The molecule has 0 aliphatic carbocycles. The van der Waals surface area contributed by atoms with Crippen molar-refractivity contribution in [3.8, 4) is 5.69 Å². The number of aryl methyl sites for hydroxylation is 1. The maximum atomic E-state index is 13.3. The standard InChI is InChI=1S/C21H19ClFN5OS2/c1-12-18-19(28(26-12)15-4-2-13(23)3-5-15)25-21(31-18)27-10-8-14(9-11-27)24-20(29)16-6-7-17(22)30-16/h2-7,14H,8-11H2,1H3,(H,24,29). The normalized spacial score (nSPS) is 15.0. The summed E-state index contributed by atoms with van der Waals surface area (Å²) in [6, 6.07) is 9.89. The molecule has 0 atom stereocenters. The van der Waals surface area contributed by atoms with Crippen molar-refractivity contribution in [2.24, 2.45) is 0 Å². The van der Waals surface area contributed by atoms with Crippen molar-refractivity contribution in [3.63, 3.8) is 0 Å². The smallest absolute Gasteiger partial charge is 0.261 e. The minimum absolute atomic E-state index is 0.0645. The van der Waals surface area contributed by atoms with Gasteiger partial charge in [0.1, 0.15) is 5.82 Å². The van der Waals surface area contributed by atoms with Gasteiger partial charge < -0.3 is 10.2 Å². The summed E-state index contributed by atoms with van der Waals surface area (Å²) in [4.78, 5) is 20.1. The molecular formula is C21H19ClFN5OS2. The van der Waals surface area contributed by atoms with Gasteiger partial charge in [-0.1, -0.05) is 22.9 Å². The van der Waals surface area contributed by atoms with E-state index in [1.165, 1.54) is 23.5 Å². The minimum atomic E-state index is -0.278. The number of hydrogen-bond acceptors (Lipinski definition) is 6. The van der Waals surface area contributed by atoms with E-state index >= 15 is 0 Å². The van der Waals surface area contributed by atoms with E-state index in [-0.39, 0.29) is 17.8 Å². The van der Waals surface area contributed by atoms with Gasteiger partial charge in [-0.2, -0.15) is 10.1 Å². The lowest BCUT2D eigenvalue weighted by atomic mass is 10.1. The number of thiazole rings is 1. The molecule has 1 N–H and O–H groups in total. The molecule has 1 fully saturated rings. The predicted octanol–water partition coefficient (Wildman–Crippen LogP) is 5.04. The Kier molecular flexibility index (Phi) is 5.41. The Hall–Kier alpha value is -2.49. The van der Waals surface area contributed by atoms with Crippen LogP contribution in [0.4, 0.5) is 9.52 Å². The molecule has 3 aromatic heterocycles. The second-order valence-corrected chi connectivity index (χ2v) is 10.2. The van der Waals surface area contributed by atoms with E-state index in [9.17, 15) is 9.18 Å². The van der Waals surface area contributed by atoms with Crippen molar-refractivity contribution in [3.05, 3.63) is 57.1 Å². The van der Waals surface area contributed by atoms with Crippen LogP contribution in [-0.2, 0) is 0 Å². The highest BCUT2D eigenvalue weighted by molar-refractivity contribution is 7.22. The Labute approximate surface area is 191 Å². The topological polar surface area (TPSA) is 63.1 Å². The zero-order valence-corrected chi connectivity index (χ0v) is 19.0. The SMILES string of the molecule is Cc1nn(-c2ccc(F)cc2)c2nc(N3CCC(NC(=O)c4ccc(Cl)s4)CC3)sc12. The largest absolute Gasteiger partial charge is 0.348 e. The fraction of sp³-hybridized carbons (Fsp3) is 0.286. The highest BCUT2D eigenvalue weighted by atomic mass is 35.5. The molecule has 4 aromatic rings. The number of nitrogens with zero attached hydrogens (tertiary/aromatic N) is 4. The van der Waals surface area contributed by atoms with Crippen molar-refractivity contribution < 1.29 is 9.18 Å². The summed E-state index contributed by atoms with van der Waals surface area (Å²) in [6.45, 7) is 3.59. The van der Waals surface area contributed by atoms with E-state index in [0.29, 0.717) is 9.21 Å². The Morgan fingerprint density at radius 2 is 1.90 bits per heavy atom. The average Bonchev–Trinajstić information content (AvgIpc) is 3.46. The Morgan fingerprint density at radius 1 is 1.16 bits per heavy atom. The number of amides is 1. The first-order valence-electron chi connectivity index (χ1n) is 9.91. The van der Waals surface area contributed by atoms with E-state index in [2.05, 4.69) is 15.3 Å². The van der Waals surface area contributed by atoms with Gasteiger partial charge in [-0.05, 0) is 56.2 Å². The molecule has 0 bridgehead atoms. The summed E-state index contributed by atoms with van der Waals surface area (Å²) in [5, 5.41) is 8.64. The maximum Gasteiger partial charge on any atom is 0.261 e. The molecule has 0 spiro atoms. The molecule has 1 amide bonds. The van der Waals surface area contributed by atoms with Crippen LogP contribution < -0.4 is 10.2 Å². The van der Waals surface area contributed by atoms with Crippen molar-refractivity contribution in [2.45, 2.75) is 25.8 Å². The van der Waals surface area contributed by atoms with Crippen LogP contribution in [0, 0.1) is 12.7 Å². The monoisotopic (exact) mass is 475 g/mol. The number of aromatic nitrogens is 3. The Morgan fingerprint density at radius 3 is 2.58 bits per heavy atom. The number of benzene rings is 1. The van der Waals surface area contributed by atoms with Gasteiger partial charge in [0.15, 0.2) is 10.8 Å². The molecule has 6 nitrogen and oxygen atoms in total. The van der Waals surface area contributed by atoms with Crippen LogP contribution in [-0.4, -0.2) is 39.8 Å². The summed E-state index contributed by atoms with van der Waals surface area (Å²) < 4.78 is 16.7. The van der Waals surface area contributed by atoms with Gasteiger partial charge in [-0.3, -0.25) is 4.79 Å². The quantitative estimate of drug-likeness (QED) is 0.449. The lowest BCUT2D eigenvalue weighted by Crippen LogP contribution is -2.44. The number of thiophene rings is 1. The highest BCUT2D eigenvalue weighted by Crippen LogP contribution is 2.34. The summed E-state index contributed by atoms with van der Waals surface area (Å²) in [7, 11) is 0. The number of nitrogens with one attached hydrogen (secondary N) is 1. The lowest BCUT2D eigenvalue weighted by molar-refractivity contribution is 0.0935. The summed E-state index contributed by atoms with van der Waals surface area (Å²) in [5.74, 6) is -0.342. The van der Waals surface area contributed by atoms with E-state index in [4.69, 9.17) is 16.6 Å². The van der Waals surface area contributed by atoms with E-state index in [1.54, 1.807) is 40.3 Å². The number of halogens is 2. The van der Waals surface area contributed by atoms with Crippen molar-refractivity contribution >= 4 is 55.7 Å². The third kappa shape index (κ3) is 4.05. The molecule has 4 heterocycles. The van der Waals surface area contributed by atoms with Crippen LogP contribution in [0.5, 0.6) is 0 Å². The first-order chi connectivity index (χ1) is 15.0. The molecule has 0 saturated carbocycles. The third-order valence-corrected chi connectivity index (χ3v) is 7.79. The number of carbonyl (C=O) groups excluding carboxylic acids is 1. The highest BCUT2D eigenvalue weighted by Gasteiger charge is 2.25. The van der Waals surface area contributed by atoms with Gasteiger partial charge >= 0.3 is 0 Å². The van der Waals surface area contributed by atoms with Crippen molar-refractivity contribution in [1.82, 2.24) is 20.1 Å². The van der Waals surface area contributed by atoms with Gasteiger partial charge in [0.25, 0.3) is 5.91 Å². The molecule has 160 valence electrons. The van der Waals surface area contributed by atoms with Crippen LogP contribution in [0.25, 0.3) is 16.0 Å². The molecule has 1 aliphatic heterocycles. The molecule has 10 heteroatoms. The average molecular weight is 476 g/mol. The van der Waals surface area contributed by atoms with Crippen LogP contribution in [0.1, 0.15) is 28.2 Å². The zero-order chi connectivity index (χ0) is 21.5. The van der Waals surface area contributed by atoms with Crippen LogP contribution in [0.3, 0.4) is 0 Å². The van der Waals surface area contributed by atoms with Gasteiger partial charge in [0.05, 0.1) is 25.3 Å². The molecule has 1 saturated heterocycles. The van der Waals surface area contributed by atoms with Gasteiger partial charge in [-0.15, -0.1) is 11.3 Å². The molecule has 1 aromatic carbocycles. The van der Waals surface area contributed by atoms with Crippen molar-refractivity contribution in [2.75, 3.05) is 18.0 Å². The second kappa shape index (κ2) is 8.22. The first kappa shape index (κ1) is 20.4. The molecule has 31 heavy (non-hydrogen) atoms. The molecule has 0 radical (unpaired) electrons. The lowest BCUT2D eigenvalue weighted by Gasteiger charge is -2.32. The van der Waals surface area contributed by atoms with Crippen molar-refractivity contribution in [1.29, 1.82) is 0 Å². The predicted molar refractivity (Wildman–Crippen MR) is 123 cm³/mol. The fourth-order valence-corrected chi connectivity index (χ4v) is 5.71. The number of carbonyl (C=O) groups is 1. The molecule has 5 rings (SSSR count). The minimum Gasteiger partial charge on any atom is -0.348 e. The third-order valence-electron chi connectivity index (χ3n) is 5.35. The Balaban J connectivity index is 1.29. The zero-order valence-electron chi connectivity index (χ0n) is 16.6. The maximum absolute atomic E-state index is 13.3. The van der Waals surface area contributed by atoms with Gasteiger partial charge in [-0.25, -0.2) is 9.07 Å². The summed E-state index contributed by atoms with van der Waals surface area (Å²) in [5.41, 5.74) is 2.47. The summed E-state index contributed by atoms with van der Waals surface area (Å²) >= 11 is 8.84. The second-order valence-electron chi connectivity index (χ2n) is 7.46. The van der Waals surface area contributed by atoms with Crippen LogP contribution in [0.2, 0.25) is 4.34 Å². The first-order valence-corrected chi connectivity index (χ1v) is 11.9. The number of piperidine rings is 1. The Bertz CT molecular complexity index is 1240. The molecule has 0 unspecified atom stereocenters. The number of fused-ring (bicyclic) bond motifs is 1. The van der Waals surface area contributed by atoms with E-state index in [1.807, 2.05) is 6.92 Å². The molecule has 1 aliphatic rings. The van der Waals surface area contributed by atoms with Crippen LogP contribution in [0.15, 0.2) is 36.4 Å².